The number of aliphatic hydroxyl groups excluding tert-OH is 1. The van der Waals surface area contributed by atoms with Crippen molar-refractivity contribution in [2.45, 2.75) is 251 Å². The van der Waals surface area contributed by atoms with Crippen LogP contribution in [0.1, 0.15) is 239 Å². The molecular formula is C64H107O11P. The molecule has 0 amide bonds. The molecule has 3 atom stereocenters. The number of phosphoric ester groups is 1. The van der Waals surface area contributed by atoms with Gasteiger partial charge >= 0.3 is 25.7 Å². The Labute approximate surface area is 463 Å². The number of hydrogen-bond acceptors (Lipinski definition) is 10. The molecule has 0 spiro atoms. The number of rotatable bonds is 54. The van der Waals surface area contributed by atoms with Gasteiger partial charge in [0.2, 0.25) is 0 Å². The van der Waals surface area contributed by atoms with Gasteiger partial charge in [-0.2, -0.15) is 0 Å². The Morgan fingerprint density at radius 1 is 0.382 bits per heavy atom. The van der Waals surface area contributed by atoms with Gasteiger partial charge in [0.1, 0.15) is 12.7 Å². The molecule has 0 heterocycles. The summed E-state index contributed by atoms with van der Waals surface area (Å²) in [4.78, 5) is 48.6. The zero-order chi connectivity index (χ0) is 55.5. The fourth-order valence-corrected chi connectivity index (χ4v) is 8.48. The molecule has 434 valence electrons. The van der Waals surface area contributed by atoms with Crippen molar-refractivity contribution in [2.24, 2.45) is 0 Å². The number of carbonyl (C=O) groups is 3. The minimum atomic E-state index is -4.77. The van der Waals surface area contributed by atoms with Crippen molar-refractivity contribution in [3.05, 3.63) is 109 Å². The predicted molar refractivity (Wildman–Crippen MR) is 316 cm³/mol. The maximum atomic E-state index is 12.9. The Morgan fingerprint density at radius 3 is 1.05 bits per heavy atom. The third-order valence-corrected chi connectivity index (χ3v) is 13.1. The van der Waals surface area contributed by atoms with Crippen LogP contribution in [0.15, 0.2) is 109 Å². The van der Waals surface area contributed by atoms with Crippen LogP contribution >= 0.6 is 7.82 Å². The molecule has 0 radical (unpaired) electrons. The van der Waals surface area contributed by atoms with Gasteiger partial charge in [0.15, 0.2) is 6.10 Å². The largest absolute Gasteiger partial charge is 0.472 e. The summed E-state index contributed by atoms with van der Waals surface area (Å²) in [6.07, 6.45) is 68.9. The Balaban J connectivity index is 4.74. The smallest absolute Gasteiger partial charge is 0.462 e. The first-order valence-electron chi connectivity index (χ1n) is 29.8. The van der Waals surface area contributed by atoms with E-state index in [1.165, 1.54) is 12.8 Å². The normalized spacial score (nSPS) is 14.1. The molecule has 76 heavy (non-hydrogen) atoms. The van der Waals surface area contributed by atoms with Gasteiger partial charge in [-0.25, -0.2) is 4.57 Å². The molecule has 0 rings (SSSR count). The number of unbranched alkanes of at least 4 members (excludes halogenated alkanes) is 19. The molecule has 0 bridgehead atoms. The minimum absolute atomic E-state index is 0.143. The predicted octanol–water partition coefficient (Wildman–Crippen LogP) is 17.8. The second-order valence-corrected chi connectivity index (χ2v) is 20.8. The third-order valence-electron chi connectivity index (χ3n) is 12.1. The highest BCUT2D eigenvalue weighted by atomic mass is 31.2. The van der Waals surface area contributed by atoms with Gasteiger partial charge in [-0.3, -0.25) is 23.4 Å². The summed E-state index contributed by atoms with van der Waals surface area (Å²) >= 11 is 0. The minimum Gasteiger partial charge on any atom is -0.462 e. The summed E-state index contributed by atoms with van der Waals surface area (Å²) in [5.41, 5.74) is 0. The van der Waals surface area contributed by atoms with E-state index in [-0.39, 0.29) is 25.9 Å². The van der Waals surface area contributed by atoms with E-state index in [2.05, 4.69) is 130 Å². The van der Waals surface area contributed by atoms with E-state index in [4.69, 9.17) is 23.3 Å². The van der Waals surface area contributed by atoms with Crippen molar-refractivity contribution in [2.75, 3.05) is 26.4 Å². The lowest BCUT2D eigenvalue weighted by Crippen LogP contribution is -2.30. The van der Waals surface area contributed by atoms with Crippen molar-refractivity contribution >= 4 is 25.7 Å². The lowest BCUT2D eigenvalue weighted by Gasteiger charge is -2.21. The molecule has 12 heteroatoms. The molecule has 0 fully saturated rings. The molecule has 3 unspecified atom stereocenters. The second kappa shape index (κ2) is 57.3. The monoisotopic (exact) mass is 1080 g/mol. The van der Waals surface area contributed by atoms with E-state index in [0.29, 0.717) is 19.3 Å². The first-order chi connectivity index (χ1) is 37.2. The molecule has 11 nitrogen and oxygen atoms in total. The van der Waals surface area contributed by atoms with Gasteiger partial charge in [0.25, 0.3) is 0 Å². The fourth-order valence-electron chi connectivity index (χ4n) is 7.69. The van der Waals surface area contributed by atoms with E-state index in [1.54, 1.807) is 0 Å². The Hall–Kier alpha value is -3.86. The standard InChI is InChI=1S/C64H107O11P/c1-4-7-10-13-16-19-22-25-27-29-30-32-34-37-40-43-46-49-52-55-64(68)75-61(57-71-62(66)53-50-47-44-41-38-35-24-21-18-15-12-9-6-3)59-73-76(69,70)72-58-60(56-65)74-63(67)54-51-48-45-42-39-36-33-31-28-26-23-20-17-14-11-8-5-2/h7-8,10-12,15-17,19-21,24-28,30,32,60-61,65H,4-6,9,13-14,18,22-23,29,31,33-59H2,1-3H3,(H,69,70)/b10-7-,11-8-,15-12-,19-16-,20-17-,24-21-,27-25-,28-26-,32-30-. The second-order valence-electron chi connectivity index (χ2n) is 19.4. The molecule has 0 saturated heterocycles. The Bertz CT molecular complexity index is 1690. The van der Waals surface area contributed by atoms with Gasteiger partial charge in [-0.1, -0.05) is 214 Å². The van der Waals surface area contributed by atoms with Crippen LogP contribution in [-0.4, -0.2) is 66.5 Å². The molecule has 0 aromatic carbocycles. The number of aliphatic hydroxyl groups is 1. The molecule has 0 aliphatic carbocycles. The molecule has 0 saturated carbocycles. The number of phosphoric acid groups is 1. The summed E-state index contributed by atoms with van der Waals surface area (Å²) < 4.78 is 39.5. The van der Waals surface area contributed by atoms with Crippen LogP contribution in [0.4, 0.5) is 0 Å². The first kappa shape index (κ1) is 72.1. The van der Waals surface area contributed by atoms with Crippen LogP contribution in [0.25, 0.3) is 0 Å². The number of carbonyl (C=O) groups excluding carboxylic acids is 3. The summed E-state index contributed by atoms with van der Waals surface area (Å²) in [5.74, 6) is -1.51. The van der Waals surface area contributed by atoms with Gasteiger partial charge in [-0.15, -0.1) is 0 Å². The average molecular weight is 1080 g/mol. The van der Waals surface area contributed by atoms with E-state index >= 15 is 0 Å². The molecule has 0 aromatic heterocycles. The summed E-state index contributed by atoms with van der Waals surface area (Å²) in [6.45, 7) is 4.31. The lowest BCUT2D eigenvalue weighted by molar-refractivity contribution is -0.161. The quantitative estimate of drug-likeness (QED) is 0.0197. The van der Waals surface area contributed by atoms with Crippen LogP contribution in [0, 0.1) is 0 Å². The highest BCUT2D eigenvalue weighted by Gasteiger charge is 2.28. The molecule has 0 aliphatic rings. The summed E-state index contributed by atoms with van der Waals surface area (Å²) in [5, 5.41) is 9.83. The SMILES string of the molecule is CC/C=C\C/C=C\C/C=C\C/C=C\CCCCCCCCC(=O)OC(COC(=O)CCCCCCC/C=C\C/C=C\CCC)COP(=O)(O)OCC(CO)OC(=O)CCCCCCCCC/C=C\C/C=C\C/C=C\CC. The highest BCUT2D eigenvalue weighted by molar-refractivity contribution is 7.47. The van der Waals surface area contributed by atoms with Crippen molar-refractivity contribution in [1.82, 2.24) is 0 Å². The van der Waals surface area contributed by atoms with Crippen molar-refractivity contribution in [3.8, 4) is 0 Å². The molecule has 0 aliphatic heterocycles. The number of ether oxygens (including phenoxy) is 3. The maximum absolute atomic E-state index is 12.9. The van der Waals surface area contributed by atoms with Gasteiger partial charge in [-0.05, 0) is 116 Å². The van der Waals surface area contributed by atoms with Crippen LogP contribution in [-0.2, 0) is 42.2 Å². The van der Waals surface area contributed by atoms with Crippen LogP contribution in [0.5, 0.6) is 0 Å². The number of esters is 3. The molecule has 0 aromatic rings. The molecular weight excluding hydrogens is 976 g/mol. The van der Waals surface area contributed by atoms with Gasteiger partial charge in [0.05, 0.1) is 19.8 Å². The Kier molecular flexibility index (Phi) is 54.4. The summed E-state index contributed by atoms with van der Waals surface area (Å²) in [6, 6.07) is 0. The van der Waals surface area contributed by atoms with Gasteiger partial charge < -0.3 is 24.2 Å². The van der Waals surface area contributed by atoms with Crippen molar-refractivity contribution < 1.29 is 52.2 Å². The highest BCUT2D eigenvalue weighted by Crippen LogP contribution is 2.43. The first-order valence-corrected chi connectivity index (χ1v) is 31.3. The van der Waals surface area contributed by atoms with Gasteiger partial charge in [0, 0.05) is 19.3 Å². The maximum Gasteiger partial charge on any atom is 0.472 e. The van der Waals surface area contributed by atoms with Crippen LogP contribution in [0.3, 0.4) is 0 Å². The lowest BCUT2D eigenvalue weighted by atomic mass is 10.1. The topological polar surface area (TPSA) is 155 Å². The molecule has 2 N–H and O–H groups in total. The van der Waals surface area contributed by atoms with E-state index in [9.17, 15) is 28.9 Å². The van der Waals surface area contributed by atoms with Crippen LogP contribution in [0.2, 0.25) is 0 Å². The zero-order valence-electron chi connectivity index (χ0n) is 47.9. The van der Waals surface area contributed by atoms with Crippen molar-refractivity contribution in [1.29, 1.82) is 0 Å². The average Bonchev–Trinajstić information content (AvgIpc) is 3.41. The Morgan fingerprint density at radius 2 is 0.684 bits per heavy atom. The van der Waals surface area contributed by atoms with E-state index < -0.39 is 57.8 Å². The van der Waals surface area contributed by atoms with E-state index in [0.717, 1.165) is 167 Å². The fraction of sp³-hybridized carbons (Fsp3) is 0.672. The van der Waals surface area contributed by atoms with Crippen LogP contribution < -0.4 is 0 Å². The summed E-state index contributed by atoms with van der Waals surface area (Å²) in [7, 11) is -4.77. The number of hydrogen-bond donors (Lipinski definition) is 2. The third kappa shape index (κ3) is 54.9. The van der Waals surface area contributed by atoms with Crippen molar-refractivity contribution in [3.63, 3.8) is 0 Å². The number of allylic oxidation sites excluding steroid dienone is 18. The van der Waals surface area contributed by atoms with E-state index in [1.807, 2.05) is 0 Å². The zero-order valence-corrected chi connectivity index (χ0v) is 48.8.